The van der Waals surface area contributed by atoms with Crippen LogP contribution in [0.1, 0.15) is 43.1 Å². The third kappa shape index (κ3) is 3.44. The van der Waals surface area contributed by atoms with Crippen LogP contribution in [0.5, 0.6) is 0 Å². The molecule has 0 bridgehead atoms. The molecule has 1 aliphatic heterocycles. The van der Waals surface area contributed by atoms with E-state index >= 15 is 0 Å². The van der Waals surface area contributed by atoms with Gasteiger partial charge < -0.3 is 10.1 Å². The van der Waals surface area contributed by atoms with E-state index in [9.17, 15) is 14.4 Å². The normalized spacial score (nSPS) is 13.1. The highest BCUT2D eigenvalue weighted by Gasteiger charge is 2.35. The molecule has 30 heavy (non-hydrogen) atoms. The SMILES string of the molecule is COCCCN1C(=O)c2ccc(C(=O)Nc3ccc(C)c4ncccc34)cc2C1=O. The second-order valence-electron chi connectivity index (χ2n) is 7.15. The number of amides is 3. The lowest BCUT2D eigenvalue weighted by Crippen LogP contribution is -2.31. The Bertz CT molecular complexity index is 1170. The molecule has 0 atom stereocenters. The van der Waals surface area contributed by atoms with Crippen molar-refractivity contribution in [2.24, 2.45) is 0 Å². The van der Waals surface area contributed by atoms with Gasteiger partial charge in [0.05, 0.1) is 22.3 Å². The van der Waals surface area contributed by atoms with Crippen molar-refractivity contribution in [3.63, 3.8) is 0 Å². The first-order valence-corrected chi connectivity index (χ1v) is 9.66. The van der Waals surface area contributed by atoms with Crippen LogP contribution < -0.4 is 5.32 Å². The Morgan fingerprint density at radius 2 is 1.90 bits per heavy atom. The average molecular weight is 403 g/mol. The van der Waals surface area contributed by atoms with Crippen LogP contribution in [-0.4, -0.2) is 47.9 Å². The van der Waals surface area contributed by atoms with E-state index in [2.05, 4.69) is 10.3 Å². The van der Waals surface area contributed by atoms with E-state index in [1.165, 1.54) is 17.0 Å². The minimum atomic E-state index is -0.384. The lowest BCUT2D eigenvalue weighted by atomic mass is 10.0. The highest BCUT2D eigenvalue weighted by molar-refractivity contribution is 6.22. The number of hydrogen-bond donors (Lipinski definition) is 1. The van der Waals surface area contributed by atoms with E-state index in [0.29, 0.717) is 29.8 Å². The molecule has 0 fully saturated rings. The second-order valence-corrected chi connectivity index (χ2v) is 7.15. The van der Waals surface area contributed by atoms with Crippen molar-refractivity contribution >= 4 is 34.3 Å². The number of carbonyl (C=O) groups is 3. The number of nitrogens with one attached hydrogen (secondary N) is 1. The van der Waals surface area contributed by atoms with E-state index in [4.69, 9.17) is 4.74 Å². The largest absolute Gasteiger partial charge is 0.385 e. The van der Waals surface area contributed by atoms with Crippen molar-refractivity contribution in [1.29, 1.82) is 0 Å². The maximum atomic E-state index is 12.9. The second kappa shape index (κ2) is 8.04. The van der Waals surface area contributed by atoms with Crippen LogP contribution in [0.2, 0.25) is 0 Å². The first-order chi connectivity index (χ1) is 14.5. The summed E-state index contributed by atoms with van der Waals surface area (Å²) in [7, 11) is 1.57. The summed E-state index contributed by atoms with van der Waals surface area (Å²) in [6, 6.07) is 12.0. The van der Waals surface area contributed by atoms with E-state index in [-0.39, 0.29) is 29.8 Å². The topological polar surface area (TPSA) is 88.6 Å². The molecule has 3 aromatic rings. The van der Waals surface area contributed by atoms with Crippen molar-refractivity contribution in [2.45, 2.75) is 13.3 Å². The number of ether oxygens (including phenoxy) is 1. The standard InChI is InChI=1S/C23H21N3O4/c1-14-6-9-19(17-5-3-10-24-20(14)17)25-21(27)15-7-8-16-18(13-15)23(29)26(22(16)28)11-4-12-30-2/h3,5-10,13H,4,11-12H2,1-2H3,(H,25,27). The van der Waals surface area contributed by atoms with Gasteiger partial charge in [0.25, 0.3) is 17.7 Å². The van der Waals surface area contributed by atoms with Gasteiger partial charge >= 0.3 is 0 Å². The summed E-state index contributed by atoms with van der Waals surface area (Å²) in [5, 5.41) is 3.73. The molecule has 1 aromatic heterocycles. The first-order valence-electron chi connectivity index (χ1n) is 9.66. The zero-order chi connectivity index (χ0) is 21.3. The van der Waals surface area contributed by atoms with Gasteiger partial charge in [0.15, 0.2) is 0 Å². The minimum Gasteiger partial charge on any atom is -0.385 e. The Balaban J connectivity index is 1.59. The minimum absolute atomic E-state index is 0.250. The maximum absolute atomic E-state index is 12.9. The van der Waals surface area contributed by atoms with Gasteiger partial charge in [-0.15, -0.1) is 0 Å². The first kappa shape index (κ1) is 19.7. The van der Waals surface area contributed by atoms with Crippen molar-refractivity contribution in [2.75, 3.05) is 25.6 Å². The fourth-order valence-corrected chi connectivity index (χ4v) is 3.62. The smallest absolute Gasteiger partial charge is 0.261 e. The van der Waals surface area contributed by atoms with Crippen molar-refractivity contribution < 1.29 is 19.1 Å². The van der Waals surface area contributed by atoms with Gasteiger partial charge in [-0.3, -0.25) is 24.3 Å². The molecule has 152 valence electrons. The van der Waals surface area contributed by atoms with Crippen LogP contribution in [0.15, 0.2) is 48.7 Å². The summed E-state index contributed by atoms with van der Waals surface area (Å²) in [6.07, 6.45) is 2.27. The van der Waals surface area contributed by atoms with Crippen LogP contribution >= 0.6 is 0 Å². The molecule has 0 aliphatic carbocycles. The molecule has 0 unspecified atom stereocenters. The van der Waals surface area contributed by atoms with Crippen LogP contribution in [-0.2, 0) is 4.74 Å². The number of aromatic nitrogens is 1. The van der Waals surface area contributed by atoms with E-state index in [0.717, 1.165) is 16.5 Å². The van der Waals surface area contributed by atoms with Crippen LogP contribution in [0.25, 0.3) is 10.9 Å². The molecule has 7 heteroatoms. The summed E-state index contributed by atoms with van der Waals surface area (Å²) in [4.78, 5) is 43.6. The third-order valence-corrected chi connectivity index (χ3v) is 5.18. The predicted octanol–water partition coefficient (Wildman–Crippen LogP) is 3.43. The summed E-state index contributed by atoms with van der Waals surface area (Å²) < 4.78 is 4.99. The lowest BCUT2D eigenvalue weighted by molar-refractivity contribution is 0.0638. The summed E-state index contributed by atoms with van der Waals surface area (Å²) in [5.74, 6) is -1.08. The summed E-state index contributed by atoms with van der Waals surface area (Å²) >= 11 is 0. The average Bonchev–Trinajstić information content (AvgIpc) is 3.00. The number of aryl methyl sites for hydroxylation is 1. The van der Waals surface area contributed by atoms with Gasteiger partial charge in [-0.1, -0.05) is 6.07 Å². The zero-order valence-electron chi connectivity index (χ0n) is 16.8. The highest BCUT2D eigenvalue weighted by Crippen LogP contribution is 2.27. The maximum Gasteiger partial charge on any atom is 0.261 e. The molecule has 0 spiro atoms. The molecule has 1 aliphatic rings. The number of methoxy groups -OCH3 is 1. The number of nitrogens with zero attached hydrogens (tertiary/aromatic N) is 2. The summed E-state index contributed by atoms with van der Waals surface area (Å²) in [5.41, 5.74) is 3.35. The van der Waals surface area contributed by atoms with E-state index in [1.54, 1.807) is 19.4 Å². The number of carbonyl (C=O) groups excluding carboxylic acids is 3. The zero-order valence-corrected chi connectivity index (χ0v) is 16.8. The number of rotatable bonds is 6. The highest BCUT2D eigenvalue weighted by atomic mass is 16.5. The molecule has 4 rings (SSSR count). The van der Waals surface area contributed by atoms with Crippen LogP contribution in [0.3, 0.4) is 0 Å². The van der Waals surface area contributed by atoms with Gasteiger partial charge in [-0.05, 0) is 55.3 Å². The molecule has 3 amide bonds. The number of imide groups is 1. The number of hydrogen-bond acceptors (Lipinski definition) is 5. The van der Waals surface area contributed by atoms with Crippen molar-refractivity contribution in [3.05, 3.63) is 70.9 Å². The van der Waals surface area contributed by atoms with Gasteiger partial charge in [0.2, 0.25) is 0 Å². The van der Waals surface area contributed by atoms with Gasteiger partial charge in [-0.2, -0.15) is 0 Å². The molecular weight excluding hydrogens is 382 g/mol. The number of fused-ring (bicyclic) bond motifs is 2. The van der Waals surface area contributed by atoms with Crippen LogP contribution in [0.4, 0.5) is 5.69 Å². The number of anilines is 1. The molecule has 1 N–H and O–H groups in total. The van der Waals surface area contributed by atoms with Crippen molar-refractivity contribution in [1.82, 2.24) is 9.88 Å². The molecular formula is C23H21N3O4. The summed E-state index contributed by atoms with van der Waals surface area (Å²) in [6.45, 7) is 2.70. The Kier molecular flexibility index (Phi) is 5.29. The Morgan fingerprint density at radius 3 is 2.70 bits per heavy atom. The predicted molar refractivity (Wildman–Crippen MR) is 113 cm³/mol. The third-order valence-electron chi connectivity index (χ3n) is 5.18. The van der Waals surface area contributed by atoms with Gasteiger partial charge in [0.1, 0.15) is 0 Å². The number of pyridine rings is 1. The van der Waals surface area contributed by atoms with Gasteiger partial charge in [-0.25, -0.2) is 0 Å². The van der Waals surface area contributed by atoms with E-state index in [1.807, 2.05) is 31.2 Å². The Hall–Kier alpha value is -3.58. The monoisotopic (exact) mass is 403 g/mol. The Morgan fingerprint density at radius 1 is 1.10 bits per heavy atom. The van der Waals surface area contributed by atoms with E-state index < -0.39 is 0 Å². The van der Waals surface area contributed by atoms with Gasteiger partial charge in [0, 0.05) is 37.4 Å². The van der Waals surface area contributed by atoms with Crippen LogP contribution in [0, 0.1) is 6.92 Å². The molecule has 0 saturated carbocycles. The molecule has 7 nitrogen and oxygen atoms in total. The number of benzene rings is 2. The fraction of sp³-hybridized carbons (Fsp3) is 0.217. The fourth-order valence-electron chi connectivity index (χ4n) is 3.62. The van der Waals surface area contributed by atoms with Crippen molar-refractivity contribution in [3.8, 4) is 0 Å². The molecule has 0 radical (unpaired) electrons. The molecule has 0 saturated heterocycles. The lowest BCUT2D eigenvalue weighted by Gasteiger charge is -2.12. The Labute approximate surface area is 173 Å². The quantitative estimate of drug-likeness (QED) is 0.503. The molecule has 2 heterocycles. The molecule has 2 aromatic carbocycles.